The number of aryl methyl sites for hydroxylation is 3. The second kappa shape index (κ2) is 14.0. The first-order valence-electron chi connectivity index (χ1n) is 16.6. The molecule has 0 N–H and O–H groups in total. The first-order chi connectivity index (χ1) is 21.1. The fourth-order valence-electron chi connectivity index (χ4n) is 7.04. The van der Waals surface area contributed by atoms with E-state index in [9.17, 15) is 0 Å². The lowest BCUT2D eigenvalue weighted by atomic mass is 9.98. The minimum absolute atomic E-state index is 0.0222. The quantitative estimate of drug-likeness (QED) is 0.176. The van der Waals surface area contributed by atoms with Crippen LogP contribution in [0.15, 0.2) is 53.5 Å². The molecule has 3 nitrogen and oxygen atoms in total. The Balaban J connectivity index is 1.56. The molecule has 0 saturated carbocycles. The fourth-order valence-corrected chi connectivity index (χ4v) is 8.60. The third-order valence-electron chi connectivity index (χ3n) is 9.99. The van der Waals surface area contributed by atoms with E-state index in [1.165, 1.54) is 29.6 Å². The summed E-state index contributed by atoms with van der Waals surface area (Å²) in [5.41, 5.74) is 8.30. The van der Waals surface area contributed by atoms with E-state index in [-0.39, 0.29) is 32.5 Å². The van der Waals surface area contributed by atoms with Gasteiger partial charge in [-0.15, -0.1) is 0 Å². The molecule has 3 aromatic carbocycles. The third-order valence-corrected chi connectivity index (χ3v) is 12.1. The van der Waals surface area contributed by atoms with Gasteiger partial charge in [-0.1, -0.05) is 63.1 Å². The van der Waals surface area contributed by atoms with Crippen LogP contribution in [0.5, 0.6) is 0 Å². The molecule has 1 radical (unpaired) electrons. The van der Waals surface area contributed by atoms with E-state index in [4.69, 9.17) is 4.99 Å². The average molecular weight is 615 g/mol. The van der Waals surface area contributed by atoms with Gasteiger partial charge in [0.15, 0.2) is 0 Å². The van der Waals surface area contributed by atoms with Gasteiger partial charge in [0.1, 0.15) is 11.6 Å². The first kappa shape index (κ1) is 32.4. The third kappa shape index (κ3) is 6.96. The molecule has 2 aliphatic heterocycles. The number of halogens is 2. The maximum absolute atomic E-state index is 16.1. The van der Waals surface area contributed by atoms with Crippen LogP contribution in [0.1, 0.15) is 92.8 Å². The minimum Gasteiger partial charge on any atom is -0.370 e. The molecule has 6 heteroatoms. The number of nitrogens with zero attached hydrogens (tertiary/aromatic N) is 3. The molecular weight excluding hydrogens is 565 g/mol. The van der Waals surface area contributed by atoms with Gasteiger partial charge in [0.05, 0.1) is 23.5 Å². The minimum atomic E-state index is -0.301. The lowest BCUT2D eigenvalue weighted by molar-refractivity contribution is 0.572. The second-order valence-corrected chi connectivity index (χ2v) is 16.3. The molecular formula is C38H50F2N3Si. The summed E-state index contributed by atoms with van der Waals surface area (Å²) < 4.78 is 32.1. The molecule has 0 bridgehead atoms. The number of hydrogen-bond acceptors (Lipinski definition) is 3. The van der Waals surface area contributed by atoms with E-state index in [1.54, 1.807) is 12.1 Å². The summed E-state index contributed by atoms with van der Waals surface area (Å²) in [6.07, 6.45) is 5.08. The summed E-state index contributed by atoms with van der Waals surface area (Å²) in [6.45, 7) is 16.8. The van der Waals surface area contributed by atoms with E-state index in [0.29, 0.717) is 11.5 Å². The maximum Gasteiger partial charge on any atom is 0.148 e. The number of unbranched alkanes of at least 4 members (excludes halogenated alkanes) is 1. The smallest absolute Gasteiger partial charge is 0.148 e. The molecule has 3 aromatic rings. The predicted octanol–water partition coefficient (Wildman–Crippen LogP) is 10.8. The monoisotopic (exact) mass is 614 g/mol. The Hall–Kier alpha value is -2.99. The van der Waals surface area contributed by atoms with E-state index < -0.39 is 0 Å². The zero-order valence-corrected chi connectivity index (χ0v) is 28.8. The highest BCUT2D eigenvalue weighted by molar-refractivity contribution is 6.57. The number of anilines is 2. The summed E-state index contributed by atoms with van der Waals surface area (Å²) in [7, 11) is -0.301. The van der Waals surface area contributed by atoms with Crippen molar-refractivity contribution in [2.24, 2.45) is 10.9 Å². The van der Waals surface area contributed by atoms with E-state index in [1.807, 2.05) is 19.9 Å². The van der Waals surface area contributed by atoms with E-state index in [0.717, 1.165) is 72.7 Å². The Labute approximate surface area is 266 Å². The van der Waals surface area contributed by atoms with Crippen molar-refractivity contribution in [3.63, 3.8) is 0 Å². The molecule has 2 aliphatic rings. The summed E-state index contributed by atoms with van der Waals surface area (Å²) in [6, 6.07) is 18.2. The molecule has 2 fully saturated rings. The molecule has 2 saturated heterocycles. The van der Waals surface area contributed by atoms with Crippen molar-refractivity contribution in [3.8, 4) is 0 Å². The van der Waals surface area contributed by atoms with Crippen LogP contribution in [0.3, 0.4) is 0 Å². The lowest BCUT2D eigenvalue weighted by Crippen LogP contribution is -2.36. The van der Waals surface area contributed by atoms with Crippen molar-refractivity contribution in [1.82, 2.24) is 0 Å². The molecule has 2 heterocycles. The van der Waals surface area contributed by atoms with E-state index in [2.05, 4.69) is 74.4 Å². The Bertz CT molecular complexity index is 1450. The van der Waals surface area contributed by atoms with Crippen LogP contribution in [-0.4, -0.2) is 27.6 Å². The molecule has 0 amide bonds. The van der Waals surface area contributed by atoms with Gasteiger partial charge >= 0.3 is 0 Å². The highest BCUT2D eigenvalue weighted by Crippen LogP contribution is 2.49. The van der Waals surface area contributed by atoms with Crippen LogP contribution >= 0.6 is 0 Å². The van der Waals surface area contributed by atoms with Gasteiger partial charge < -0.3 is 9.80 Å². The Morgan fingerprint density at radius 1 is 0.932 bits per heavy atom. The number of aliphatic imine (C=N–C) groups is 1. The van der Waals surface area contributed by atoms with E-state index >= 15 is 8.78 Å². The molecule has 5 rings (SSSR count). The molecule has 0 aliphatic carbocycles. The molecule has 44 heavy (non-hydrogen) atoms. The van der Waals surface area contributed by atoms with Crippen LogP contribution in [0, 0.1) is 38.3 Å². The van der Waals surface area contributed by atoms with Crippen LogP contribution in [0.25, 0.3) is 0 Å². The highest BCUT2D eigenvalue weighted by atomic mass is 28.3. The number of hydrogen-bond donors (Lipinski definition) is 0. The van der Waals surface area contributed by atoms with Crippen molar-refractivity contribution < 1.29 is 8.78 Å². The summed E-state index contributed by atoms with van der Waals surface area (Å²) in [5.74, 6) is -0.00511. The SMILES string of the molecule is CCCC[C@H](C)C(C)=Nc1cc([C@H]2CC[C@H](c3ccc(C)cc3)N2c2cc(C)c(N3CC[Si](C)CC3)c(F)c2)c(F)cc1C. The van der Waals surface area contributed by atoms with Crippen LogP contribution in [0.2, 0.25) is 18.6 Å². The zero-order chi connectivity index (χ0) is 31.5. The lowest BCUT2D eigenvalue weighted by Gasteiger charge is -2.36. The standard InChI is InChI=1S/C38H50F2N3Si/c1-8-9-10-26(3)29(6)41-35-24-32(33(39)22-27(35)4)37-16-15-36(30-13-11-25(2)12-14-30)43(37)31-21-28(5)38(34(40)23-31)42-17-19-44(7)20-18-42/h11-14,21-24,26,36-37H,8-10,15-20H2,1-7H3/t26-,36+,37+/m0/s1. The fraction of sp³-hybridized carbons (Fsp3) is 0.500. The van der Waals surface area contributed by atoms with Gasteiger partial charge in [0, 0.05) is 38.8 Å². The largest absolute Gasteiger partial charge is 0.370 e. The van der Waals surface area contributed by atoms with Crippen molar-refractivity contribution >= 4 is 31.6 Å². The van der Waals surface area contributed by atoms with Gasteiger partial charge in [-0.2, -0.15) is 0 Å². The van der Waals surface area contributed by atoms with Gasteiger partial charge in [-0.05, 0) is 106 Å². The molecule has 0 spiro atoms. The van der Waals surface area contributed by atoms with Crippen molar-refractivity contribution in [2.45, 2.75) is 104 Å². The van der Waals surface area contributed by atoms with Gasteiger partial charge in [-0.3, -0.25) is 4.99 Å². The molecule has 0 unspecified atom stereocenters. The molecule has 235 valence electrons. The summed E-state index contributed by atoms with van der Waals surface area (Å²) >= 11 is 0. The number of rotatable bonds is 9. The average Bonchev–Trinajstić information content (AvgIpc) is 3.43. The maximum atomic E-state index is 16.1. The second-order valence-electron chi connectivity index (χ2n) is 13.4. The van der Waals surface area contributed by atoms with Gasteiger partial charge in [-0.25, -0.2) is 8.78 Å². The van der Waals surface area contributed by atoms with Gasteiger partial charge in [0.2, 0.25) is 0 Å². The van der Waals surface area contributed by atoms with Crippen molar-refractivity contribution in [1.29, 1.82) is 0 Å². The first-order valence-corrected chi connectivity index (χ1v) is 19.0. The topological polar surface area (TPSA) is 18.8 Å². The normalized spacial score (nSPS) is 20.4. The summed E-state index contributed by atoms with van der Waals surface area (Å²) in [4.78, 5) is 9.55. The Kier molecular flexibility index (Phi) is 10.3. The van der Waals surface area contributed by atoms with Crippen molar-refractivity contribution in [3.05, 3.63) is 88.0 Å². The highest BCUT2D eigenvalue weighted by Gasteiger charge is 2.38. The number of benzene rings is 3. The zero-order valence-electron chi connectivity index (χ0n) is 27.8. The van der Waals surface area contributed by atoms with Crippen LogP contribution in [0.4, 0.5) is 25.8 Å². The Morgan fingerprint density at radius 2 is 1.61 bits per heavy atom. The summed E-state index contributed by atoms with van der Waals surface area (Å²) in [5, 5.41) is 0. The molecule has 0 aromatic heterocycles. The van der Waals surface area contributed by atoms with Gasteiger partial charge in [0.25, 0.3) is 0 Å². The molecule has 3 atom stereocenters. The van der Waals surface area contributed by atoms with Crippen molar-refractivity contribution in [2.75, 3.05) is 22.9 Å². The Morgan fingerprint density at radius 3 is 2.27 bits per heavy atom. The predicted molar refractivity (Wildman–Crippen MR) is 186 cm³/mol. The van der Waals surface area contributed by atoms with Crippen LogP contribution < -0.4 is 9.80 Å². The van der Waals surface area contributed by atoms with Crippen LogP contribution in [-0.2, 0) is 0 Å².